The van der Waals surface area contributed by atoms with Gasteiger partial charge in [-0.25, -0.2) is 0 Å². The molecule has 0 atom stereocenters. The zero-order valence-corrected chi connectivity index (χ0v) is 13.0. The lowest BCUT2D eigenvalue weighted by Gasteiger charge is -2.28. The number of benzene rings is 3. The Bertz CT molecular complexity index is 681. The van der Waals surface area contributed by atoms with Gasteiger partial charge >= 0.3 is 0 Å². The SMILES string of the molecule is c1ccc([Si]2(c3ccccc3)Cc3ccccc3C2)cc1. The van der Waals surface area contributed by atoms with E-state index >= 15 is 0 Å². The van der Waals surface area contributed by atoms with Gasteiger partial charge in [0.25, 0.3) is 0 Å². The van der Waals surface area contributed by atoms with Crippen molar-refractivity contribution in [2.75, 3.05) is 0 Å². The van der Waals surface area contributed by atoms with Gasteiger partial charge < -0.3 is 0 Å². The van der Waals surface area contributed by atoms with Crippen LogP contribution in [0.25, 0.3) is 0 Å². The normalized spacial score (nSPS) is 15.6. The summed E-state index contributed by atoms with van der Waals surface area (Å²) in [5, 5.41) is 3.12. The molecular formula is C20H18Si. The molecule has 3 aromatic carbocycles. The van der Waals surface area contributed by atoms with Gasteiger partial charge in [0.15, 0.2) is 0 Å². The Morgan fingerprint density at radius 1 is 0.476 bits per heavy atom. The van der Waals surface area contributed by atoms with Crippen LogP contribution in [0.5, 0.6) is 0 Å². The van der Waals surface area contributed by atoms with Gasteiger partial charge in [0.2, 0.25) is 0 Å². The molecule has 0 saturated carbocycles. The molecule has 0 aromatic heterocycles. The van der Waals surface area contributed by atoms with Gasteiger partial charge in [0.1, 0.15) is 8.07 Å². The maximum atomic E-state index is 2.34. The summed E-state index contributed by atoms with van der Waals surface area (Å²) in [5.41, 5.74) is 3.11. The van der Waals surface area contributed by atoms with Crippen LogP contribution in [0, 0.1) is 0 Å². The minimum absolute atomic E-state index is 1.23. The molecule has 1 heteroatoms. The van der Waals surface area contributed by atoms with Gasteiger partial charge in [-0.2, -0.15) is 0 Å². The Balaban J connectivity index is 1.90. The Morgan fingerprint density at radius 3 is 1.29 bits per heavy atom. The van der Waals surface area contributed by atoms with E-state index in [1.165, 1.54) is 12.1 Å². The van der Waals surface area contributed by atoms with E-state index in [-0.39, 0.29) is 0 Å². The van der Waals surface area contributed by atoms with Crippen molar-refractivity contribution in [2.24, 2.45) is 0 Å². The first-order chi connectivity index (χ1) is 10.4. The Hall–Kier alpha value is -2.12. The third-order valence-corrected chi connectivity index (χ3v) is 9.60. The highest BCUT2D eigenvalue weighted by molar-refractivity contribution is 7.02. The lowest BCUT2D eigenvalue weighted by atomic mass is 10.1. The molecule has 0 nitrogen and oxygen atoms in total. The standard InChI is InChI=1S/C20H18Si/c1-3-11-19(12-4-1)21(20-13-5-2-6-14-20)15-17-9-7-8-10-18(17)16-21/h1-14H,15-16H2. The molecular weight excluding hydrogens is 268 g/mol. The predicted molar refractivity (Wildman–Crippen MR) is 91.8 cm³/mol. The Labute approximate surface area is 127 Å². The summed E-state index contributed by atoms with van der Waals surface area (Å²) in [6.45, 7) is 0. The van der Waals surface area contributed by atoms with Crippen molar-refractivity contribution in [3.63, 3.8) is 0 Å². The summed E-state index contributed by atoms with van der Waals surface area (Å²) in [6, 6.07) is 33.8. The number of fused-ring (bicyclic) bond motifs is 1. The molecule has 0 amide bonds. The van der Waals surface area contributed by atoms with E-state index in [4.69, 9.17) is 0 Å². The molecule has 0 bridgehead atoms. The average molecular weight is 286 g/mol. The summed E-state index contributed by atoms with van der Waals surface area (Å²) in [7, 11) is -1.69. The second-order valence-electron chi connectivity index (χ2n) is 5.94. The molecule has 0 radical (unpaired) electrons. The van der Waals surface area contributed by atoms with Crippen molar-refractivity contribution < 1.29 is 0 Å². The summed E-state index contributed by atoms with van der Waals surface area (Å²) < 4.78 is 0. The molecule has 1 aliphatic heterocycles. The molecule has 1 heterocycles. The molecule has 0 unspecified atom stereocenters. The molecule has 0 N–H and O–H groups in total. The van der Waals surface area contributed by atoms with E-state index < -0.39 is 8.07 Å². The molecule has 1 aliphatic rings. The lowest BCUT2D eigenvalue weighted by molar-refractivity contribution is 1.35. The third kappa shape index (κ3) is 2.05. The van der Waals surface area contributed by atoms with Gasteiger partial charge in [-0.05, 0) is 23.2 Å². The van der Waals surface area contributed by atoms with E-state index in [0.717, 1.165) is 0 Å². The quantitative estimate of drug-likeness (QED) is 0.635. The number of hydrogen-bond acceptors (Lipinski definition) is 0. The van der Waals surface area contributed by atoms with Crippen LogP contribution in [0.3, 0.4) is 0 Å². The van der Waals surface area contributed by atoms with Crippen LogP contribution >= 0.6 is 0 Å². The van der Waals surface area contributed by atoms with Crippen molar-refractivity contribution in [1.29, 1.82) is 0 Å². The maximum Gasteiger partial charge on any atom is 0.126 e. The zero-order chi connectivity index (χ0) is 14.1. The van der Waals surface area contributed by atoms with E-state index in [2.05, 4.69) is 84.9 Å². The molecule has 0 saturated heterocycles. The highest BCUT2D eigenvalue weighted by Crippen LogP contribution is 2.28. The van der Waals surface area contributed by atoms with Crippen LogP contribution in [0.4, 0.5) is 0 Å². The van der Waals surface area contributed by atoms with Crippen molar-refractivity contribution in [3.05, 3.63) is 96.1 Å². The zero-order valence-electron chi connectivity index (χ0n) is 12.0. The maximum absolute atomic E-state index is 2.34. The minimum Gasteiger partial charge on any atom is -0.0626 e. The highest BCUT2D eigenvalue weighted by Gasteiger charge is 2.42. The fourth-order valence-corrected chi connectivity index (χ4v) is 8.63. The number of rotatable bonds is 2. The Kier molecular flexibility index (Phi) is 3.01. The van der Waals surface area contributed by atoms with Gasteiger partial charge in [-0.1, -0.05) is 95.3 Å². The molecule has 0 spiro atoms. The smallest absolute Gasteiger partial charge is 0.0626 e. The van der Waals surface area contributed by atoms with Gasteiger partial charge in [-0.3, -0.25) is 0 Å². The Morgan fingerprint density at radius 2 is 0.857 bits per heavy atom. The van der Waals surface area contributed by atoms with Crippen molar-refractivity contribution in [2.45, 2.75) is 12.1 Å². The minimum atomic E-state index is -1.69. The summed E-state index contributed by atoms with van der Waals surface area (Å²) in [6.07, 6.45) is 0. The third-order valence-electron chi connectivity index (χ3n) is 4.76. The first-order valence-corrected chi connectivity index (χ1v) is 9.98. The largest absolute Gasteiger partial charge is 0.126 e. The van der Waals surface area contributed by atoms with Gasteiger partial charge in [0.05, 0.1) is 0 Å². The number of hydrogen-bond donors (Lipinski definition) is 0. The van der Waals surface area contributed by atoms with Crippen LogP contribution in [-0.2, 0) is 12.1 Å². The summed E-state index contributed by atoms with van der Waals surface area (Å²) in [4.78, 5) is 0. The molecule has 21 heavy (non-hydrogen) atoms. The lowest BCUT2D eigenvalue weighted by Crippen LogP contribution is -2.60. The first kappa shape index (κ1) is 12.6. The van der Waals surface area contributed by atoms with Gasteiger partial charge in [-0.15, -0.1) is 0 Å². The molecule has 3 aromatic rings. The van der Waals surface area contributed by atoms with E-state index in [0.29, 0.717) is 0 Å². The topological polar surface area (TPSA) is 0 Å². The molecule has 0 fully saturated rings. The van der Waals surface area contributed by atoms with Crippen LogP contribution in [0.15, 0.2) is 84.9 Å². The van der Waals surface area contributed by atoms with Crippen LogP contribution in [0.1, 0.15) is 11.1 Å². The summed E-state index contributed by atoms with van der Waals surface area (Å²) in [5.74, 6) is 0. The van der Waals surface area contributed by atoms with E-state index in [1.54, 1.807) is 21.5 Å². The predicted octanol–water partition coefficient (Wildman–Crippen LogP) is 3.13. The fourth-order valence-electron chi connectivity index (χ4n) is 3.70. The fraction of sp³-hybridized carbons (Fsp3) is 0.100. The van der Waals surface area contributed by atoms with E-state index in [1.807, 2.05) is 0 Å². The van der Waals surface area contributed by atoms with Crippen LogP contribution in [0.2, 0.25) is 0 Å². The van der Waals surface area contributed by atoms with Crippen molar-refractivity contribution in [3.8, 4) is 0 Å². The highest BCUT2D eigenvalue weighted by atomic mass is 28.3. The van der Waals surface area contributed by atoms with Gasteiger partial charge in [0, 0.05) is 0 Å². The van der Waals surface area contributed by atoms with E-state index in [9.17, 15) is 0 Å². The second kappa shape index (κ2) is 5.01. The van der Waals surface area contributed by atoms with Crippen molar-refractivity contribution in [1.82, 2.24) is 0 Å². The second-order valence-corrected chi connectivity index (χ2v) is 9.96. The molecule has 102 valence electrons. The van der Waals surface area contributed by atoms with Crippen LogP contribution < -0.4 is 10.4 Å². The summed E-state index contributed by atoms with van der Waals surface area (Å²) >= 11 is 0. The van der Waals surface area contributed by atoms with Crippen LogP contribution in [-0.4, -0.2) is 8.07 Å². The van der Waals surface area contributed by atoms with Crippen molar-refractivity contribution >= 4 is 18.4 Å². The molecule has 4 rings (SSSR count). The monoisotopic (exact) mass is 286 g/mol. The first-order valence-electron chi connectivity index (χ1n) is 7.56. The average Bonchev–Trinajstić information content (AvgIpc) is 2.97. The molecule has 0 aliphatic carbocycles.